The molecule has 0 radical (unpaired) electrons. The number of amides is 1. The Bertz CT molecular complexity index is 996. The predicted octanol–water partition coefficient (Wildman–Crippen LogP) is 4.84. The highest BCUT2D eigenvalue weighted by molar-refractivity contribution is 7.22. The fourth-order valence-corrected chi connectivity index (χ4v) is 4.67. The van der Waals surface area contributed by atoms with E-state index in [2.05, 4.69) is 45.0 Å². The van der Waals surface area contributed by atoms with E-state index < -0.39 is 0 Å². The molecule has 0 aliphatic rings. The van der Waals surface area contributed by atoms with Gasteiger partial charge in [-0.3, -0.25) is 9.69 Å². The molecule has 1 aromatic heterocycles. The Kier molecular flexibility index (Phi) is 7.45. The number of hydrogen-bond acceptors (Lipinski definition) is 5. The van der Waals surface area contributed by atoms with Crippen LogP contribution in [0.3, 0.4) is 0 Å². The molecule has 1 heterocycles. The molecule has 0 saturated carbocycles. The second-order valence-electron chi connectivity index (χ2n) is 7.88. The van der Waals surface area contributed by atoms with Crippen LogP contribution in [-0.2, 0) is 11.2 Å². The summed E-state index contributed by atoms with van der Waals surface area (Å²) in [7, 11) is 4.10. The molecule has 0 fully saturated rings. The number of anilines is 1. The number of aromatic nitrogens is 1. The standard InChI is InChI=1S/C24H31N3O2S/c1-6-29-20-10-8-19(9-11-20)16-22(28)27(13-7-12-26(4)5)24-25-23-18(3)14-17(2)15-21(23)30-24/h8-11,14-15H,6-7,12-13,16H2,1-5H3. The fraction of sp³-hybridized carbons (Fsp3) is 0.417. The summed E-state index contributed by atoms with van der Waals surface area (Å²) in [6.07, 6.45) is 1.25. The maximum Gasteiger partial charge on any atom is 0.233 e. The van der Waals surface area contributed by atoms with Crippen LogP contribution in [0.2, 0.25) is 0 Å². The summed E-state index contributed by atoms with van der Waals surface area (Å²) in [5.74, 6) is 0.903. The van der Waals surface area contributed by atoms with Gasteiger partial charge in [0.15, 0.2) is 5.13 Å². The SMILES string of the molecule is CCOc1ccc(CC(=O)N(CCCN(C)C)c2nc3c(C)cc(C)cc3s2)cc1. The molecular weight excluding hydrogens is 394 g/mol. The summed E-state index contributed by atoms with van der Waals surface area (Å²) in [5, 5.41) is 0.786. The number of aryl methyl sites for hydroxylation is 2. The second kappa shape index (κ2) is 10.0. The van der Waals surface area contributed by atoms with Crippen LogP contribution in [0.4, 0.5) is 5.13 Å². The molecule has 0 saturated heterocycles. The number of fused-ring (bicyclic) bond motifs is 1. The van der Waals surface area contributed by atoms with E-state index >= 15 is 0 Å². The molecule has 3 rings (SSSR count). The first-order chi connectivity index (χ1) is 14.4. The Labute approximate surface area is 183 Å². The lowest BCUT2D eigenvalue weighted by atomic mass is 10.1. The van der Waals surface area contributed by atoms with E-state index in [1.54, 1.807) is 11.3 Å². The Morgan fingerprint density at radius 2 is 1.83 bits per heavy atom. The normalized spacial score (nSPS) is 11.3. The van der Waals surface area contributed by atoms with E-state index in [1.807, 2.05) is 36.1 Å². The summed E-state index contributed by atoms with van der Waals surface area (Å²) in [6.45, 7) is 8.36. The molecule has 0 unspecified atom stereocenters. The van der Waals surface area contributed by atoms with Gasteiger partial charge in [-0.15, -0.1) is 0 Å². The first kappa shape index (κ1) is 22.2. The van der Waals surface area contributed by atoms with Gasteiger partial charge in [-0.05, 0) is 82.7 Å². The van der Waals surface area contributed by atoms with Crippen molar-refractivity contribution in [2.45, 2.75) is 33.6 Å². The molecular formula is C24H31N3O2S. The van der Waals surface area contributed by atoms with Crippen LogP contribution in [0, 0.1) is 13.8 Å². The average molecular weight is 426 g/mol. The van der Waals surface area contributed by atoms with Crippen LogP contribution < -0.4 is 9.64 Å². The molecule has 160 valence electrons. The van der Waals surface area contributed by atoms with Crippen molar-refractivity contribution >= 4 is 32.6 Å². The Hall–Kier alpha value is -2.44. The number of hydrogen-bond donors (Lipinski definition) is 0. The van der Waals surface area contributed by atoms with Crippen molar-refractivity contribution in [2.75, 3.05) is 38.7 Å². The first-order valence-corrected chi connectivity index (χ1v) is 11.2. The van der Waals surface area contributed by atoms with Gasteiger partial charge in [0.2, 0.25) is 5.91 Å². The number of nitrogens with zero attached hydrogens (tertiary/aromatic N) is 3. The molecule has 3 aromatic rings. The van der Waals surface area contributed by atoms with Gasteiger partial charge in [-0.25, -0.2) is 4.98 Å². The van der Waals surface area contributed by atoms with Crippen LogP contribution in [0.15, 0.2) is 36.4 Å². The number of benzene rings is 2. The molecule has 6 heteroatoms. The lowest BCUT2D eigenvalue weighted by Gasteiger charge is -2.21. The third-order valence-electron chi connectivity index (χ3n) is 4.93. The van der Waals surface area contributed by atoms with Gasteiger partial charge in [0, 0.05) is 6.54 Å². The van der Waals surface area contributed by atoms with E-state index in [4.69, 9.17) is 9.72 Å². The van der Waals surface area contributed by atoms with Gasteiger partial charge in [-0.2, -0.15) is 0 Å². The maximum atomic E-state index is 13.3. The minimum Gasteiger partial charge on any atom is -0.494 e. The fourth-order valence-electron chi connectivity index (χ4n) is 3.49. The van der Waals surface area contributed by atoms with Crippen LogP contribution in [0.25, 0.3) is 10.2 Å². The van der Waals surface area contributed by atoms with E-state index in [-0.39, 0.29) is 5.91 Å². The largest absolute Gasteiger partial charge is 0.494 e. The zero-order valence-corrected chi connectivity index (χ0v) is 19.4. The van der Waals surface area contributed by atoms with E-state index in [0.717, 1.165) is 45.2 Å². The van der Waals surface area contributed by atoms with E-state index in [0.29, 0.717) is 19.6 Å². The third kappa shape index (κ3) is 5.58. The lowest BCUT2D eigenvalue weighted by molar-refractivity contribution is -0.118. The molecule has 0 N–H and O–H groups in total. The van der Waals surface area contributed by atoms with Crippen LogP contribution in [0.5, 0.6) is 5.75 Å². The van der Waals surface area contributed by atoms with Gasteiger partial charge in [0.25, 0.3) is 0 Å². The highest BCUT2D eigenvalue weighted by atomic mass is 32.1. The Balaban J connectivity index is 1.84. The van der Waals surface area contributed by atoms with Gasteiger partial charge < -0.3 is 9.64 Å². The van der Waals surface area contributed by atoms with Crippen molar-refractivity contribution in [3.63, 3.8) is 0 Å². The molecule has 0 spiro atoms. The summed E-state index contributed by atoms with van der Waals surface area (Å²) in [4.78, 5) is 22.1. The quantitative estimate of drug-likeness (QED) is 0.492. The zero-order chi connectivity index (χ0) is 21.7. The van der Waals surface area contributed by atoms with Crippen molar-refractivity contribution in [3.05, 3.63) is 53.1 Å². The van der Waals surface area contributed by atoms with Crippen molar-refractivity contribution in [3.8, 4) is 5.75 Å². The molecule has 0 aliphatic heterocycles. The summed E-state index contributed by atoms with van der Waals surface area (Å²) >= 11 is 1.60. The first-order valence-electron chi connectivity index (χ1n) is 10.4. The highest BCUT2D eigenvalue weighted by Crippen LogP contribution is 2.32. The van der Waals surface area contributed by atoms with Crippen molar-refractivity contribution in [1.82, 2.24) is 9.88 Å². The number of ether oxygens (including phenoxy) is 1. The highest BCUT2D eigenvalue weighted by Gasteiger charge is 2.20. The minimum atomic E-state index is 0.0753. The van der Waals surface area contributed by atoms with Crippen molar-refractivity contribution in [2.24, 2.45) is 0 Å². The zero-order valence-electron chi connectivity index (χ0n) is 18.6. The van der Waals surface area contributed by atoms with Crippen molar-refractivity contribution < 1.29 is 9.53 Å². The molecule has 2 aromatic carbocycles. The summed E-state index contributed by atoms with van der Waals surface area (Å²) in [5.41, 5.74) is 4.34. The Morgan fingerprint density at radius 3 is 2.50 bits per heavy atom. The topological polar surface area (TPSA) is 45.7 Å². The van der Waals surface area contributed by atoms with Gasteiger partial charge >= 0.3 is 0 Å². The third-order valence-corrected chi connectivity index (χ3v) is 5.95. The second-order valence-corrected chi connectivity index (χ2v) is 8.89. The van der Waals surface area contributed by atoms with Crippen molar-refractivity contribution in [1.29, 1.82) is 0 Å². The molecule has 0 aliphatic carbocycles. The van der Waals surface area contributed by atoms with Crippen LogP contribution in [0.1, 0.15) is 30.0 Å². The van der Waals surface area contributed by atoms with E-state index in [1.165, 1.54) is 5.56 Å². The average Bonchev–Trinajstić information content (AvgIpc) is 3.10. The smallest absolute Gasteiger partial charge is 0.233 e. The number of carbonyl (C=O) groups excluding carboxylic acids is 1. The summed E-state index contributed by atoms with van der Waals surface area (Å²) in [6, 6.07) is 12.1. The molecule has 0 bridgehead atoms. The molecule has 30 heavy (non-hydrogen) atoms. The molecule has 0 atom stereocenters. The number of carbonyl (C=O) groups is 1. The van der Waals surface area contributed by atoms with Gasteiger partial charge in [0.05, 0.1) is 23.2 Å². The van der Waals surface area contributed by atoms with Gasteiger partial charge in [-0.1, -0.05) is 29.5 Å². The predicted molar refractivity (Wildman–Crippen MR) is 126 cm³/mol. The number of thiazole rings is 1. The maximum absolute atomic E-state index is 13.3. The molecule has 1 amide bonds. The van der Waals surface area contributed by atoms with Gasteiger partial charge in [0.1, 0.15) is 5.75 Å². The monoisotopic (exact) mass is 425 g/mol. The summed E-state index contributed by atoms with van der Waals surface area (Å²) < 4.78 is 6.64. The van der Waals surface area contributed by atoms with Crippen LogP contribution >= 0.6 is 11.3 Å². The lowest BCUT2D eigenvalue weighted by Crippen LogP contribution is -2.34. The van der Waals surface area contributed by atoms with E-state index in [9.17, 15) is 4.79 Å². The Morgan fingerprint density at radius 1 is 1.10 bits per heavy atom. The molecule has 5 nitrogen and oxygen atoms in total. The van der Waals surface area contributed by atoms with Crippen LogP contribution in [-0.4, -0.2) is 49.6 Å². The number of rotatable bonds is 9. The minimum absolute atomic E-state index is 0.0753.